The molecule has 0 amide bonds. The zero-order valence-corrected chi connectivity index (χ0v) is 14.9. The number of hydrogen-bond donors (Lipinski definition) is 1. The number of hydrogen-bond acceptors (Lipinski definition) is 3. The lowest BCUT2D eigenvalue weighted by molar-refractivity contribution is 0.216. The van der Waals surface area contributed by atoms with Crippen LogP contribution in [-0.2, 0) is 16.6 Å². The van der Waals surface area contributed by atoms with Crippen LogP contribution in [0.25, 0.3) is 0 Å². The lowest BCUT2D eigenvalue weighted by atomic mass is 9.88. The first-order chi connectivity index (χ1) is 9.01. The maximum atomic E-state index is 12.7. The first kappa shape index (κ1) is 17.6. The van der Waals surface area contributed by atoms with E-state index in [4.69, 9.17) is 0 Å². The summed E-state index contributed by atoms with van der Waals surface area (Å²) in [7, 11) is -2.02. The highest BCUT2D eigenvalue weighted by Crippen LogP contribution is 2.31. The van der Waals surface area contributed by atoms with Crippen LogP contribution in [0.2, 0.25) is 0 Å². The average Bonchev–Trinajstić information content (AvgIpc) is 2.36. The molecular formula is C14H22BrNO3S. The highest BCUT2D eigenvalue weighted by Gasteiger charge is 2.33. The zero-order chi connectivity index (χ0) is 15.7. The van der Waals surface area contributed by atoms with Crippen molar-refractivity contribution in [2.24, 2.45) is 5.41 Å². The van der Waals surface area contributed by atoms with Gasteiger partial charge in [0.05, 0.1) is 11.5 Å². The molecule has 0 bridgehead atoms. The van der Waals surface area contributed by atoms with Crippen molar-refractivity contribution < 1.29 is 13.5 Å². The van der Waals surface area contributed by atoms with Gasteiger partial charge in [0.2, 0.25) is 10.0 Å². The van der Waals surface area contributed by atoms with Crippen molar-refractivity contribution in [2.45, 2.75) is 45.2 Å². The molecule has 1 N–H and O–H groups in total. The molecule has 0 saturated carbocycles. The fourth-order valence-electron chi connectivity index (χ4n) is 1.75. The minimum atomic E-state index is -3.61. The number of aliphatic hydroxyl groups is 1. The molecule has 20 heavy (non-hydrogen) atoms. The summed E-state index contributed by atoms with van der Waals surface area (Å²) in [4.78, 5) is 0.183. The lowest BCUT2D eigenvalue weighted by Crippen LogP contribution is -2.43. The topological polar surface area (TPSA) is 57.6 Å². The predicted octanol–water partition coefficient (Wildman–Crippen LogP) is 3.00. The summed E-state index contributed by atoms with van der Waals surface area (Å²) in [5.74, 6) is 0. The Labute approximate surface area is 130 Å². The molecule has 0 aliphatic heterocycles. The van der Waals surface area contributed by atoms with Gasteiger partial charge in [0, 0.05) is 17.6 Å². The third-order valence-corrected chi connectivity index (χ3v) is 6.56. The molecule has 0 saturated heterocycles. The van der Waals surface area contributed by atoms with Crippen molar-refractivity contribution in [3.05, 3.63) is 28.2 Å². The molecule has 0 heterocycles. The van der Waals surface area contributed by atoms with Crippen LogP contribution in [0.15, 0.2) is 27.6 Å². The summed E-state index contributed by atoms with van der Waals surface area (Å²) in [5, 5.41) is 9.17. The predicted molar refractivity (Wildman–Crippen MR) is 83.9 cm³/mol. The lowest BCUT2D eigenvalue weighted by Gasteiger charge is -2.34. The Morgan fingerprint density at radius 1 is 1.35 bits per heavy atom. The first-order valence-corrected chi connectivity index (χ1v) is 8.62. The van der Waals surface area contributed by atoms with Crippen LogP contribution in [0.1, 0.15) is 33.3 Å². The first-order valence-electron chi connectivity index (χ1n) is 6.39. The van der Waals surface area contributed by atoms with Gasteiger partial charge in [-0.15, -0.1) is 0 Å². The molecule has 0 spiro atoms. The van der Waals surface area contributed by atoms with Crippen LogP contribution in [0.3, 0.4) is 0 Å². The summed E-state index contributed by atoms with van der Waals surface area (Å²) in [6.45, 7) is 7.71. The molecule has 0 aliphatic carbocycles. The fourth-order valence-corrected chi connectivity index (χ4v) is 4.27. The SMILES string of the molecule is CC(N(C)S(=O)(=O)c1cc(CO)ccc1Br)C(C)(C)C. The Kier molecular flexibility index (Phi) is 5.40. The molecule has 0 aliphatic rings. The molecule has 0 fully saturated rings. The van der Waals surface area contributed by atoms with Gasteiger partial charge >= 0.3 is 0 Å². The molecule has 1 rings (SSSR count). The number of sulfonamides is 1. The van der Waals surface area contributed by atoms with E-state index >= 15 is 0 Å². The standard InChI is InChI=1S/C14H22BrNO3S/c1-10(14(2,3)4)16(5)20(18,19)13-8-11(9-17)6-7-12(13)15/h6-8,10,17H,9H2,1-5H3. The van der Waals surface area contributed by atoms with Crippen molar-refractivity contribution in [2.75, 3.05) is 7.05 Å². The van der Waals surface area contributed by atoms with Crippen LogP contribution in [-0.4, -0.2) is 30.9 Å². The average molecular weight is 364 g/mol. The van der Waals surface area contributed by atoms with Gasteiger partial charge in [-0.2, -0.15) is 4.31 Å². The molecule has 6 heteroatoms. The molecule has 1 atom stereocenters. The van der Waals surface area contributed by atoms with Gasteiger partial charge in [0.15, 0.2) is 0 Å². The Balaban J connectivity index is 3.30. The molecule has 1 aromatic rings. The summed E-state index contributed by atoms with van der Waals surface area (Å²) in [6.07, 6.45) is 0. The van der Waals surface area contributed by atoms with Gasteiger partial charge in [-0.1, -0.05) is 26.8 Å². The van der Waals surface area contributed by atoms with Crippen LogP contribution in [0.5, 0.6) is 0 Å². The largest absolute Gasteiger partial charge is 0.392 e. The molecule has 1 unspecified atom stereocenters. The summed E-state index contributed by atoms with van der Waals surface area (Å²) in [5.41, 5.74) is 0.409. The van der Waals surface area contributed by atoms with E-state index in [1.807, 2.05) is 27.7 Å². The molecule has 0 radical (unpaired) electrons. The Hall–Kier alpha value is -0.430. The van der Waals surface area contributed by atoms with Crippen molar-refractivity contribution in [1.82, 2.24) is 4.31 Å². The monoisotopic (exact) mass is 363 g/mol. The molecule has 0 aromatic heterocycles. The number of rotatable bonds is 4. The smallest absolute Gasteiger partial charge is 0.244 e. The summed E-state index contributed by atoms with van der Waals surface area (Å²) >= 11 is 3.28. The van der Waals surface area contributed by atoms with Gasteiger partial charge in [-0.3, -0.25) is 0 Å². The van der Waals surface area contributed by atoms with Crippen molar-refractivity contribution in [1.29, 1.82) is 0 Å². The fraction of sp³-hybridized carbons (Fsp3) is 0.571. The van der Waals surface area contributed by atoms with Gasteiger partial charge in [0.1, 0.15) is 0 Å². The van der Waals surface area contributed by atoms with Gasteiger partial charge in [-0.05, 0) is 46.0 Å². The van der Waals surface area contributed by atoms with E-state index in [0.29, 0.717) is 10.0 Å². The van der Waals surface area contributed by atoms with Crippen molar-refractivity contribution in [3.8, 4) is 0 Å². The van der Waals surface area contributed by atoms with Crippen molar-refractivity contribution >= 4 is 26.0 Å². The minimum absolute atomic E-state index is 0.155. The van der Waals surface area contributed by atoms with E-state index in [2.05, 4.69) is 15.9 Å². The third kappa shape index (κ3) is 3.61. The summed E-state index contributed by atoms with van der Waals surface area (Å²) < 4.78 is 27.3. The normalized spacial score (nSPS) is 14.6. The molecule has 114 valence electrons. The van der Waals surface area contributed by atoms with E-state index in [0.717, 1.165) is 0 Å². The maximum absolute atomic E-state index is 12.7. The van der Waals surface area contributed by atoms with Gasteiger partial charge in [-0.25, -0.2) is 8.42 Å². The highest BCUT2D eigenvalue weighted by molar-refractivity contribution is 9.10. The second-order valence-electron chi connectivity index (χ2n) is 5.99. The number of benzene rings is 1. The van der Waals surface area contributed by atoms with Crippen molar-refractivity contribution in [3.63, 3.8) is 0 Å². The van der Waals surface area contributed by atoms with Gasteiger partial charge in [0.25, 0.3) is 0 Å². The molecular weight excluding hydrogens is 342 g/mol. The van der Waals surface area contributed by atoms with E-state index in [1.165, 1.54) is 10.4 Å². The Bertz CT molecular complexity index is 579. The van der Waals surface area contributed by atoms with Crippen LogP contribution in [0, 0.1) is 5.41 Å². The molecule has 1 aromatic carbocycles. The van der Waals surface area contributed by atoms with E-state index < -0.39 is 10.0 Å². The number of aliphatic hydroxyl groups excluding tert-OH is 1. The van der Waals surface area contributed by atoms with Crippen LogP contribution >= 0.6 is 15.9 Å². The number of halogens is 1. The highest BCUT2D eigenvalue weighted by atomic mass is 79.9. The van der Waals surface area contributed by atoms with Gasteiger partial charge < -0.3 is 5.11 Å². The summed E-state index contributed by atoms with van der Waals surface area (Å²) in [6, 6.07) is 4.69. The van der Waals surface area contributed by atoms with Crippen LogP contribution < -0.4 is 0 Å². The second kappa shape index (κ2) is 6.13. The Morgan fingerprint density at radius 2 is 1.90 bits per heavy atom. The zero-order valence-electron chi connectivity index (χ0n) is 12.5. The van der Waals surface area contributed by atoms with E-state index in [-0.39, 0.29) is 23.0 Å². The van der Waals surface area contributed by atoms with E-state index in [1.54, 1.807) is 19.2 Å². The third-order valence-electron chi connectivity index (χ3n) is 3.63. The Morgan fingerprint density at radius 3 is 2.35 bits per heavy atom. The maximum Gasteiger partial charge on any atom is 0.244 e. The minimum Gasteiger partial charge on any atom is -0.392 e. The second-order valence-corrected chi connectivity index (χ2v) is 8.81. The molecule has 4 nitrogen and oxygen atoms in total. The van der Waals surface area contributed by atoms with Crippen LogP contribution in [0.4, 0.5) is 0 Å². The number of nitrogens with zero attached hydrogens (tertiary/aromatic N) is 1. The van der Waals surface area contributed by atoms with E-state index in [9.17, 15) is 13.5 Å². The quantitative estimate of drug-likeness (QED) is 0.894.